The Kier molecular flexibility index (Phi) is 4.60. The van der Waals surface area contributed by atoms with E-state index in [4.69, 9.17) is 0 Å². The number of pyridine rings is 1. The Labute approximate surface area is 136 Å². The van der Waals surface area contributed by atoms with Crippen molar-refractivity contribution in [3.05, 3.63) is 58.2 Å². The minimum Gasteiger partial charge on any atom is -0.350 e. The number of hydrogen-bond donors (Lipinski definition) is 1. The summed E-state index contributed by atoms with van der Waals surface area (Å²) in [7, 11) is 0. The molecule has 0 aromatic carbocycles. The van der Waals surface area contributed by atoms with Crippen molar-refractivity contribution >= 4 is 28.6 Å². The number of nitrogens with one attached hydrogen (secondary N) is 1. The lowest BCUT2D eigenvalue weighted by atomic mass is 10.3. The van der Waals surface area contributed by atoms with Crippen LogP contribution in [0.4, 0.5) is 0 Å². The van der Waals surface area contributed by atoms with Crippen molar-refractivity contribution in [2.24, 2.45) is 0 Å². The average molecular weight is 329 g/mol. The van der Waals surface area contributed by atoms with E-state index >= 15 is 0 Å². The lowest BCUT2D eigenvalue weighted by Gasteiger charge is -2.04. The van der Waals surface area contributed by atoms with Gasteiger partial charge in [0.25, 0.3) is 0 Å². The fourth-order valence-electron chi connectivity index (χ4n) is 2.02. The maximum absolute atomic E-state index is 12.0. The highest BCUT2D eigenvalue weighted by molar-refractivity contribution is 7.20. The van der Waals surface area contributed by atoms with Crippen LogP contribution in [0.1, 0.15) is 17.1 Å². The summed E-state index contributed by atoms with van der Waals surface area (Å²) in [6, 6.07) is 9.83. The molecule has 3 rings (SSSR count). The highest BCUT2D eigenvalue weighted by Crippen LogP contribution is 2.27. The minimum absolute atomic E-state index is 0.0358. The molecule has 0 spiro atoms. The van der Waals surface area contributed by atoms with Crippen LogP contribution in [0.25, 0.3) is 9.88 Å². The number of thiazole rings is 1. The van der Waals surface area contributed by atoms with E-state index in [1.54, 1.807) is 22.7 Å². The fraction of sp³-hybridized carbons (Fsp3) is 0.188. The minimum atomic E-state index is -0.0358. The van der Waals surface area contributed by atoms with Crippen molar-refractivity contribution in [2.75, 3.05) is 0 Å². The molecule has 1 amide bonds. The lowest BCUT2D eigenvalue weighted by molar-refractivity contribution is -0.120. The number of aromatic nitrogens is 2. The number of amides is 1. The van der Waals surface area contributed by atoms with Gasteiger partial charge in [-0.25, -0.2) is 4.98 Å². The Hall–Kier alpha value is -2.05. The highest BCUT2D eigenvalue weighted by atomic mass is 32.1. The van der Waals surface area contributed by atoms with Crippen LogP contribution in [0.5, 0.6) is 0 Å². The van der Waals surface area contributed by atoms with E-state index in [0.29, 0.717) is 13.0 Å². The van der Waals surface area contributed by atoms with Gasteiger partial charge in [0.2, 0.25) is 5.91 Å². The second-order valence-corrected chi connectivity index (χ2v) is 6.65. The van der Waals surface area contributed by atoms with Gasteiger partial charge in [-0.1, -0.05) is 12.1 Å². The van der Waals surface area contributed by atoms with Crippen LogP contribution >= 0.6 is 22.7 Å². The smallest absolute Gasteiger partial charge is 0.226 e. The molecule has 4 nitrogen and oxygen atoms in total. The molecule has 0 bridgehead atoms. The van der Waals surface area contributed by atoms with E-state index in [1.807, 2.05) is 48.0 Å². The first kappa shape index (κ1) is 14.9. The third kappa shape index (κ3) is 3.78. The van der Waals surface area contributed by atoms with Crippen LogP contribution in [0.15, 0.2) is 41.1 Å². The first-order chi connectivity index (χ1) is 10.7. The van der Waals surface area contributed by atoms with E-state index in [1.165, 1.54) is 0 Å². The maximum Gasteiger partial charge on any atom is 0.226 e. The Bertz CT molecular complexity index is 765. The molecule has 22 heavy (non-hydrogen) atoms. The first-order valence-electron chi connectivity index (χ1n) is 6.88. The van der Waals surface area contributed by atoms with Gasteiger partial charge in [0, 0.05) is 11.1 Å². The van der Waals surface area contributed by atoms with Crippen LogP contribution in [-0.2, 0) is 17.8 Å². The third-order valence-electron chi connectivity index (χ3n) is 3.04. The Morgan fingerprint density at radius 1 is 1.14 bits per heavy atom. The van der Waals surface area contributed by atoms with Gasteiger partial charge in [0.15, 0.2) is 0 Å². The molecular weight excluding hydrogens is 314 g/mol. The summed E-state index contributed by atoms with van der Waals surface area (Å²) in [5.74, 6) is -0.0358. The van der Waals surface area contributed by atoms with Crippen molar-refractivity contribution in [2.45, 2.75) is 19.9 Å². The predicted molar refractivity (Wildman–Crippen MR) is 90.0 cm³/mol. The molecule has 3 aromatic heterocycles. The summed E-state index contributed by atoms with van der Waals surface area (Å²) in [5.41, 5.74) is 2.63. The van der Waals surface area contributed by atoms with Gasteiger partial charge in [-0.3, -0.25) is 9.78 Å². The third-order valence-corrected chi connectivity index (χ3v) is 4.97. The number of aryl methyl sites for hydroxylation is 1. The standard InChI is InChI=1S/C16H15N3OS2/c1-11-4-2-5-12(18-11)9-17-15(20)8-13-10-22-16(19-13)14-6-3-7-21-14/h2-7,10H,8-9H2,1H3,(H,17,20). The van der Waals surface area contributed by atoms with Crippen LogP contribution < -0.4 is 5.32 Å². The highest BCUT2D eigenvalue weighted by Gasteiger charge is 2.09. The molecule has 0 saturated heterocycles. The van der Waals surface area contributed by atoms with Crippen molar-refractivity contribution < 1.29 is 4.79 Å². The molecule has 0 aliphatic carbocycles. The van der Waals surface area contributed by atoms with Gasteiger partial charge in [-0.15, -0.1) is 22.7 Å². The average Bonchev–Trinajstić information content (AvgIpc) is 3.16. The first-order valence-corrected chi connectivity index (χ1v) is 8.64. The van der Waals surface area contributed by atoms with Gasteiger partial charge in [0.05, 0.1) is 29.2 Å². The van der Waals surface area contributed by atoms with Crippen molar-refractivity contribution in [1.29, 1.82) is 0 Å². The van der Waals surface area contributed by atoms with E-state index < -0.39 is 0 Å². The summed E-state index contributed by atoms with van der Waals surface area (Å²) in [6.45, 7) is 2.38. The number of hydrogen-bond acceptors (Lipinski definition) is 5. The van der Waals surface area contributed by atoms with Crippen LogP contribution in [0.3, 0.4) is 0 Å². The van der Waals surface area contributed by atoms with E-state index in [0.717, 1.165) is 27.0 Å². The maximum atomic E-state index is 12.0. The SMILES string of the molecule is Cc1cccc(CNC(=O)Cc2csc(-c3cccs3)n2)n1. The second kappa shape index (κ2) is 6.81. The van der Waals surface area contributed by atoms with E-state index in [2.05, 4.69) is 15.3 Å². The quantitative estimate of drug-likeness (QED) is 0.780. The fourth-order valence-corrected chi connectivity index (χ4v) is 3.65. The molecular formula is C16H15N3OS2. The molecule has 112 valence electrons. The molecule has 6 heteroatoms. The molecule has 0 unspecified atom stereocenters. The normalized spacial score (nSPS) is 10.6. The van der Waals surface area contributed by atoms with Crippen LogP contribution in [0.2, 0.25) is 0 Å². The van der Waals surface area contributed by atoms with Crippen molar-refractivity contribution in [1.82, 2.24) is 15.3 Å². The molecule has 0 aliphatic heterocycles. The second-order valence-electron chi connectivity index (χ2n) is 4.85. The molecule has 0 radical (unpaired) electrons. The summed E-state index contributed by atoms with van der Waals surface area (Å²) in [5, 5.41) is 7.82. The van der Waals surface area contributed by atoms with Crippen molar-refractivity contribution in [3.8, 4) is 9.88 Å². The summed E-state index contributed by atoms with van der Waals surface area (Å²) in [6.07, 6.45) is 0.299. The van der Waals surface area contributed by atoms with Gasteiger partial charge in [-0.05, 0) is 30.5 Å². The molecule has 1 N–H and O–H groups in total. The Morgan fingerprint density at radius 3 is 2.82 bits per heavy atom. The Morgan fingerprint density at radius 2 is 2.05 bits per heavy atom. The zero-order chi connectivity index (χ0) is 15.4. The number of thiophene rings is 1. The monoisotopic (exact) mass is 329 g/mol. The van der Waals surface area contributed by atoms with E-state index in [-0.39, 0.29) is 5.91 Å². The van der Waals surface area contributed by atoms with Gasteiger partial charge >= 0.3 is 0 Å². The lowest BCUT2D eigenvalue weighted by Crippen LogP contribution is -2.25. The molecule has 0 aliphatic rings. The molecule has 0 fully saturated rings. The van der Waals surface area contributed by atoms with Gasteiger partial charge in [-0.2, -0.15) is 0 Å². The van der Waals surface area contributed by atoms with E-state index in [9.17, 15) is 4.79 Å². The van der Waals surface area contributed by atoms with Crippen LogP contribution in [-0.4, -0.2) is 15.9 Å². The topological polar surface area (TPSA) is 54.9 Å². The number of rotatable bonds is 5. The summed E-state index contributed by atoms with van der Waals surface area (Å²) >= 11 is 3.23. The Balaban J connectivity index is 1.56. The van der Waals surface area contributed by atoms with Gasteiger partial charge in [0.1, 0.15) is 5.01 Å². The molecule has 3 heterocycles. The molecule has 0 saturated carbocycles. The van der Waals surface area contributed by atoms with Crippen molar-refractivity contribution in [3.63, 3.8) is 0 Å². The predicted octanol–water partition coefficient (Wildman–Crippen LogP) is 3.43. The molecule has 3 aromatic rings. The van der Waals surface area contributed by atoms with Crippen LogP contribution in [0, 0.1) is 6.92 Å². The molecule has 0 atom stereocenters. The largest absolute Gasteiger partial charge is 0.350 e. The number of carbonyl (C=O) groups excluding carboxylic acids is 1. The number of nitrogens with zero attached hydrogens (tertiary/aromatic N) is 2. The summed E-state index contributed by atoms with van der Waals surface area (Å²) in [4.78, 5) is 22.0. The van der Waals surface area contributed by atoms with Gasteiger partial charge < -0.3 is 5.32 Å². The zero-order valence-corrected chi connectivity index (χ0v) is 13.7. The zero-order valence-electron chi connectivity index (χ0n) is 12.1. The summed E-state index contributed by atoms with van der Waals surface area (Å²) < 4.78 is 0. The number of carbonyl (C=O) groups is 1.